The highest BCUT2D eigenvalue weighted by molar-refractivity contribution is 5.72. The molecule has 1 fully saturated rings. The Morgan fingerprint density at radius 1 is 1.67 bits per heavy atom. The van der Waals surface area contributed by atoms with Crippen molar-refractivity contribution in [2.45, 2.75) is 45.3 Å². The molecular formula is C9H16O3. The average molecular weight is 172 g/mol. The number of hydrogen-bond acceptors (Lipinski definition) is 3. The Morgan fingerprint density at radius 2 is 2.33 bits per heavy atom. The summed E-state index contributed by atoms with van der Waals surface area (Å²) in [5.74, 6) is 0.0480. The predicted octanol–water partition coefficient (Wildman–Crippen LogP) is 1.10. The van der Waals surface area contributed by atoms with Gasteiger partial charge < -0.3 is 9.84 Å². The van der Waals surface area contributed by atoms with Crippen LogP contribution < -0.4 is 0 Å². The second-order valence-electron chi connectivity index (χ2n) is 3.30. The molecule has 1 saturated heterocycles. The summed E-state index contributed by atoms with van der Waals surface area (Å²) in [5, 5.41) is 9.50. The Kier molecular flexibility index (Phi) is 3.09. The van der Waals surface area contributed by atoms with Crippen molar-refractivity contribution in [1.29, 1.82) is 0 Å². The van der Waals surface area contributed by atoms with Crippen LogP contribution in [0.2, 0.25) is 0 Å². The molecule has 0 amide bonds. The fourth-order valence-corrected chi connectivity index (χ4v) is 1.63. The highest BCUT2D eigenvalue weighted by Crippen LogP contribution is 2.28. The molecule has 0 radical (unpaired) electrons. The summed E-state index contributed by atoms with van der Waals surface area (Å²) >= 11 is 0. The van der Waals surface area contributed by atoms with Gasteiger partial charge in [0.1, 0.15) is 6.10 Å². The fraction of sp³-hybridized carbons (Fsp3) is 0.889. The van der Waals surface area contributed by atoms with Gasteiger partial charge in [0, 0.05) is 5.92 Å². The van der Waals surface area contributed by atoms with E-state index in [9.17, 15) is 9.90 Å². The quantitative estimate of drug-likeness (QED) is 0.648. The molecule has 0 bridgehead atoms. The third-order valence-corrected chi connectivity index (χ3v) is 2.48. The van der Waals surface area contributed by atoms with E-state index in [2.05, 4.69) is 0 Å². The van der Waals surface area contributed by atoms with Crippen molar-refractivity contribution in [3.8, 4) is 0 Å². The SMILES string of the molecule is CC[C@@H]1CC(=O)O[C@@H]1[C@@H](O)CC. The largest absolute Gasteiger partial charge is 0.459 e. The van der Waals surface area contributed by atoms with Gasteiger partial charge in [-0.25, -0.2) is 0 Å². The summed E-state index contributed by atoms with van der Waals surface area (Å²) in [5.41, 5.74) is 0. The average Bonchev–Trinajstić information content (AvgIpc) is 2.45. The number of carbonyl (C=O) groups excluding carboxylic acids is 1. The maximum atomic E-state index is 10.9. The molecular weight excluding hydrogens is 156 g/mol. The summed E-state index contributed by atoms with van der Waals surface area (Å²) in [7, 11) is 0. The van der Waals surface area contributed by atoms with Crippen LogP contribution in [0.15, 0.2) is 0 Å². The van der Waals surface area contributed by atoms with Crippen molar-refractivity contribution in [1.82, 2.24) is 0 Å². The number of carbonyl (C=O) groups is 1. The van der Waals surface area contributed by atoms with Gasteiger partial charge in [-0.15, -0.1) is 0 Å². The predicted molar refractivity (Wildman–Crippen MR) is 44.6 cm³/mol. The number of ether oxygens (including phenoxy) is 1. The van der Waals surface area contributed by atoms with Gasteiger partial charge in [-0.05, 0) is 12.8 Å². The molecule has 1 N–H and O–H groups in total. The van der Waals surface area contributed by atoms with E-state index in [0.717, 1.165) is 6.42 Å². The number of rotatable bonds is 3. The highest BCUT2D eigenvalue weighted by Gasteiger charge is 2.37. The normalized spacial score (nSPS) is 31.8. The van der Waals surface area contributed by atoms with Crippen molar-refractivity contribution >= 4 is 5.97 Å². The van der Waals surface area contributed by atoms with Gasteiger partial charge in [0.15, 0.2) is 0 Å². The van der Waals surface area contributed by atoms with E-state index in [1.165, 1.54) is 0 Å². The van der Waals surface area contributed by atoms with E-state index in [4.69, 9.17) is 4.74 Å². The number of esters is 1. The molecule has 12 heavy (non-hydrogen) atoms. The van der Waals surface area contributed by atoms with Crippen LogP contribution in [0.25, 0.3) is 0 Å². The molecule has 1 aliphatic rings. The Morgan fingerprint density at radius 3 is 2.83 bits per heavy atom. The molecule has 0 aromatic rings. The minimum atomic E-state index is -0.485. The lowest BCUT2D eigenvalue weighted by Crippen LogP contribution is -2.30. The zero-order valence-corrected chi connectivity index (χ0v) is 7.62. The van der Waals surface area contributed by atoms with Gasteiger partial charge in [-0.2, -0.15) is 0 Å². The maximum Gasteiger partial charge on any atom is 0.306 e. The molecule has 1 heterocycles. The molecule has 0 unspecified atom stereocenters. The van der Waals surface area contributed by atoms with Gasteiger partial charge >= 0.3 is 5.97 Å². The molecule has 3 heteroatoms. The van der Waals surface area contributed by atoms with Crippen molar-refractivity contribution in [3.63, 3.8) is 0 Å². The molecule has 1 aliphatic heterocycles. The highest BCUT2D eigenvalue weighted by atomic mass is 16.6. The number of aliphatic hydroxyl groups excluding tert-OH is 1. The molecule has 0 aromatic heterocycles. The minimum Gasteiger partial charge on any atom is -0.459 e. The maximum absolute atomic E-state index is 10.9. The second-order valence-corrected chi connectivity index (χ2v) is 3.30. The van der Waals surface area contributed by atoms with Crippen LogP contribution in [-0.4, -0.2) is 23.3 Å². The monoisotopic (exact) mass is 172 g/mol. The lowest BCUT2D eigenvalue weighted by Gasteiger charge is -2.20. The van der Waals surface area contributed by atoms with Gasteiger partial charge in [-0.3, -0.25) is 4.79 Å². The smallest absolute Gasteiger partial charge is 0.306 e. The Hall–Kier alpha value is -0.570. The molecule has 0 aromatic carbocycles. The fourth-order valence-electron chi connectivity index (χ4n) is 1.63. The topological polar surface area (TPSA) is 46.5 Å². The molecule has 0 spiro atoms. The first-order chi connectivity index (χ1) is 5.69. The number of hydrogen-bond donors (Lipinski definition) is 1. The van der Waals surface area contributed by atoms with Crippen LogP contribution in [0.1, 0.15) is 33.1 Å². The second kappa shape index (κ2) is 3.90. The van der Waals surface area contributed by atoms with Crippen LogP contribution in [-0.2, 0) is 9.53 Å². The standard InChI is InChI=1S/C9H16O3/c1-3-6-5-8(11)12-9(6)7(10)4-2/h6-7,9-10H,3-5H2,1-2H3/t6-,7+,9+/m1/s1. The Labute approximate surface area is 72.7 Å². The summed E-state index contributed by atoms with van der Waals surface area (Å²) in [4.78, 5) is 10.9. The lowest BCUT2D eigenvalue weighted by atomic mass is 9.94. The van der Waals surface area contributed by atoms with E-state index >= 15 is 0 Å². The van der Waals surface area contributed by atoms with E-state index in [1.807, 2.05) is 13.8 Å². The van der Waals surface area contributed by atoms with Crippen molar-refractivity contribution in [2.75, 3.05) is 0 Å². The molecule has 70 valence electrons. The van der Waals surface area contributed by atoms with Crippen molar-refractivity contribution in [2.24, 2.45) is 5.92 Å². The van der Waals surface area contributed by atoms with Crippen LogP contribution in [0.3, 0.4) is 0 Å². The Bertz CT molecular complexity index is 167. The zero-order chi connectivity index (χ0) is 9.14. The number of aliphatic hydroxyl groups is 1. The molecule has 0 saturated carbocycles. The van der Waals surface area contributed by atoms with Gasteiger partial charge in [0.05, 0.1) is 12.5 Å². The van der Waals surface area contributed by atoms with E-state index in [-0.39, 0.29) is 18.0 Å². The van der Waals surface area contributed by atoms with Crippen LogP contribution in [0.5, 0.6) is 0 Å². The molecule has 3 nitrogen and oxygen atoms in total. The summed E-state index contributed by atoms with van der Waals surface area (Å²) in [6.07, 6.45) is 1.27. The van der Waals surface area contributed by atoms with E-state index in [1.54, 1.807) is 0 Å². The van der Waals surface area contributed by atoms with Crippen molar-refractivity contribution in [3.05, 3.63) is 0 Å². The summed E-state index contributed by atoms with van der Waals surface area (Å²) in [6.45, 7) is 3.91. The summed E-state index contributed by atoms with van der Waals surface area (Å²) < 4.78 is 5.03. The van der Waals surface area contributed by atoms with Gasteiger partial charge in [0.25, 0.3) is 0 Å². The molecule has 0 aliphatic carbocycles. The lowest BCUT2D eigenvalue weighted by molar-refractivity contribution is -0.145. The van der Waals surface area contributed by atoms with Crippen LogP contribution in [0.4, 0.5) is 0 Å². The first kappa shape index (κ1) is 9.52. The third kappa shape index (κ3) is 1.78. The summed E-state index contributed by atoms with van der Waals surface area (Å²) in [6, 6.07) is 0. The van der Waals surface area contributed by atoms with E-state index < -0.39 is 6.10 Å². The van der Waals surface area contributed by atoms with Gasteiger partial charge in [-0.1, -0.05) is 13.8 Å². The first-order valence-electron chi connectivity index (χ1n) is 4.56. The third-order valence-electron chi connectivity index (χ3n) is 2.48. The number of cyclic esters (lactones) is 1. The van der Waals surface area contributed by atoms with Crippen LogP contribution >= 0.6 is 0 Å². The first-order valence-corrected chi connectivity index (χ1v) is 4.56. The van der Waals surface area contributed by atoms with Gasteiger partial charge in [0.2, 0.25) is 0 Å². The van der Waals surface area contributed by atoms with E-state index in [0.29, 0.717) is 12.8 Å². The molecule has 3 atom stereocenters. The van der Waals surface area contributed by atoms with Crippen molar-refractivity contribution < 1.29 is 14.6 Å². The van der Waals surface area contributed by atoms with Crippen LogP contribution in [0, 0.1) is 5.92 Å². The molecule has 1 rings (SSSR count). The minimum absolute atomic E-state index is 0.167. The Balaban J connectivity index is 2.56. The zero-order valence-electron chi connectivity index (χ0n) is 7.62.